The Morgan fingerprint density at radius 2 is 1.81 bits per heavy atom. The van der Waals surface area contributed by atoms with E-state index in [-0.39, 0.29) is 22.3 Å². The molecule has 8 nitrogen and oxygen atoms in total. The Morgan fingerprint density at radius 1 is 1.13 bits per heavy atom. The number of anilines is 1. The van der Waals surface area contributed by atoms with Crippen molar-refractivity contribution in [2.24, 2.45) is 11.1 Å². The molecule has 31 heavy (non-hydrogen) atoms. The zero-order valence-electron chi connectivity index (χ0n) is 17.8. The van der Waals surface area contributed by atoms with E-state index in [0.29, 0.717) is 47.9 Å². The van der Waals surface area contributed by atoms with Crippen molar-refractivity contribution in [3.05, 3.63) is 46.8 Å². The first kappa shape index (κ1) is 21.3. The average molecular weight is 442 g/mol. The molecule has 2 aromatic rings. The second-order valence-corrected chi connectivity index (χ2v) is 8.98. The lowest BCUT2D eigenvalue weighted by Gasteiger charge is -2.39. The number of amides is 2. The third-order valence-corrected chi connectivity index (χ3v) is 6.56. The molecule has 2 aliphatic heterocycles. The highest BCUT2D eigenvalue weighted by molar-refractivity contribution is 7.80. The monoisotopic (exact) mass is 441 g/mol. The molecular weight excluding hydrogens is 414 g/mol. The van der Waals surface area contributed by atoms with Gasteiger partial charge in [0, 0.05) is 37.4 Å². The second kappa shape index (κ2) is 8.30. The van der Waals surface area contributed by atoms with Crippen molar-refractivity contribution in [1.29, 1.82) is 0 Å². The maximum Gasteiger partial charge on any atom is 0.259 e. The number of aryl methyl sites for hydroxylation is 2. The van der Waals surface area contributed by atoms with Gasteiger partial charge in [-0.05, 0) is 68.9 Å². The molecule has 0 radical (unpaired) electrons. The summed E-state index contributed by atoms with van der Waals surface area (Å²) >= 11 is 4.88. The van der Waals surface area contributed by atoms with E-state index in [2.05, 4.69) is 10.5 Å². The van der Waals surface area contributed by atoms with Gasteiger partial charge in [0.25, 0.3) is 11.8 Å². The van der Waals surface area contributed by atoms with E-state index in [1.807, 2.05) is 28.0 Å². The van der Waals surface area contributed by atoms with Crippen LogP contribution in [0, 0.1) is 19.3 Å². The predicted molar refractivity (Wildman–Crippen MR) is 121 cm³/mol. The zero-order valence-corrected chi connectivity index (χ0v) is 18.6. The first-order valence-corrected chi connectivity index (χ1v) is 10.9. The summed E-state index contributed by atoms with van der Waals surface area (Å²) in [6, 6.07) is 7.23. The molecule has 2 aliphatic rings. The van der Waals surface area contributed by atoms with Crippen molar-refractivity contribution in [3.8, 4) is 0 Å². The van der Waals surface area contributed by atoms with E-state index in [0.717, 1.165) is 25.8 Å². The molecule has 9 heteroatoms. The number of nitrogens with zero attached hydrogens (tertiary/aromatic N) is 3. The minimum atomic E-state index is -0.0147. The van der Waals surface area contributed by atoms with Crippen LogP contribution in [0.5, 0.6) is 0 Å². The van der Waals surface area contributed by atoms with Crippen LogP contribution in [0.25, 0.3) is 0 Å². The Labute approximate surface area is 186 Å². The normalized spacial score (nSPS) is 17.7. The minimum absolute atomic E-state index is 0.0118. The molecule has 0 bridgehead atoms. The maximum absolute atomic E-state index is 13.1. The number of hydrogen-bond acceptors (Lipinski definition) is 5. The molecule has 164 valence electrons. The maximum atomic E-state index is 13.1. The Balaban J connectivity index is 1.39. The number of thiocarbonyl (C=S) groups is 1. The highest BCUT2D eigenvalue weighted by Crippen LogP contribution is 2.41. The molecule has 1 aromatic carbocycles. The van der Waals surface area contributed by atoms with Crippen molar-refractivity contribution in [3.63, 3.8) is 0 Å². The number of piperidine rings is 1. The molecule has 0 unspecified atom stereocenters. The van der Waals surface area contributed by atoms with Gasteiger partial charge in [-0.15, -0.1) is 0 Å². The van der Waals surface area contributed by atoms with Crippen LogP contribution in [0.1, 0.15) is 51.4 Å². The van der Waals surface area contributed by atoms with E-state index >= 15 is 0 Å². The van der Waals surface area contributed by atoms with Gasteiger partial charge in [-0.3, -0.25) is 9.59 Å². The molecule has 0 atom stereocenters. The van der Waals surface area contributed by atoms with E-state index in [9.17, 15) is 9.59 Å². The summed E-state index contributed by atoms with van der Waals surface area (Å²) in [4.78, 5) is 29.8. The molecule has 3 heterocycles. The summed E-state index contributed by atoms with van der Waals surface area (Å²) in [6.07, 6.45) is 2.72. The summed E-state index contributed by atoms with van der Waals surface area (Å²) in [5, 5.41) is 6.94. The summed E-state index contributed by atoms with van der Waals surface area (Å²) in [5.74, 6) is 0.560. The fraction of sp³-hybridized carbons (Fsp3) is 0.455. The van der Waals surface area contributed by atoms with Crippen molar-refractivity contribution in [2.75, 3.05) is 31.5 Å². The SMILES string of the molecule is Cc1noc(C)c1C(=O)N1CCC2(CCN(C(=O)c3cccc(NC(N)=S)c3)C2)CC1. The Bertz CT molecular complexity index is 1010. The number of nitrogens with one attached hydrogen (secondary N) is 1. The number of aromatic nitrogens is 1. The largest absolute Gasteiger partial charge is 0.376 e. The van der Waals surface area contributed by atoms with Gasteiger partial charge in [-0.2, -0.15) is 0 Å². The van der Waals surface area contributed by atoms with Gasteiger partial charge in [-0.25, -0.2) is 0 Å². The molecule has 0 saturated carbocycles. The lowest BCUT2D eigenvalue weighted by atomic mass is 9.77. The quantitative estimate of drug-likeness (QED) is 0.706. The van der Waals surface area contributed by atoms with E-state index in [1.54, 1.807) is 19.9 Å². The first-order chi connectivity index (χ1) is 14.8. The van der Waals surface area contributed by atoms with Crippen LogP contribution in [0.2, 0.25) is 0 Å². The fourth-order valence-electron chi connectivity index (χ4n) is 4.70. The van der Waals surface area contributed by atoms with Crippen LogP contribution in [0.3, 0.4) is 0 Å². The number of nitrogens with two attached hydrogens (primary N) is 1. The Morgan fingerprint density at radius 3 is 2.42 bits per heavy atom. The zero-order chi connectivity index (χ0) is 22.2. The average Bonchev–Trinajstić information content (AvgIpc) is 3.30. The van der Waals surface area contributed by atoms with Crippen molar-refractivity contribution < 1.29 is 14.1 Å². The van der Waals surface area contributed by atoms with Gasteiger partial charge < -0.3 is 25.4 Å². The van der Waals surface area contributed by atoms with Crippen LogP contribution in [-0.2, 0) is 0 Å². The summed E-state index contributed by atoms with van der Waals surface area (Å²) in [6.45, 7) is 6.36. The number of hydrogen-bond donors (Lipinski definition) is 2. The van der Waals surface area contributed by atoms with Crippen molar-refractivity contribution >= 4 is 34.8 Å². The van der Waals surface area contributed by atoms with Crippen LogP contribution < -0.4 is 11.1 Å². The lowest BCUT2D eigenvalue weighted by Crippen LogP contribution is -2.45. The highest BCUT2D eigenvalue weighted by Gasteiger charge is 2.43. The molecule has 1 spiro atoms. The van der Waals surface area contributed by atoms with E-state index < -0.39 is 0 Å². The molecule has 2 amide bonds. The number of likely N-dealkylation sites (tertiary alicyclic amines) is 2. The van der Waals surface area contributed by atoms with Gasteiger partial charge >= 0.3 is 0 Å². The molecular formula is C22H27N5O3S. The first-order valence-electron chi connectivity index (χ1n) is 10.5. The van der Waals surface area contributed by atoms with E-state index in [1.165, 1.54) is 0 Å². The van der Waals surface area contributed by atoms with Crippen molar-refractivity contribution in [2.45, 2.75) is 33.1 Å². The second-order valence-electron chi connectivity index (χ2n) is 8.54. The van der Waals surface area contributed by atoms with Gasteiger partial charge in [-0.1, -0.05) is 11.2 Å². The van der Waals surface area contributed by atoms with Gasteiger partial charge in [0.15, 0.2) is 5.11 Å². The molecule has 3 N–H and O–H groups in total. The third kappa shape index (κ3) is 4.27. The Kier molecular flexibility index (Phi) is 5.70. The predicted octanol–water partition coefficient (Wildman–Crippen LogP) is 2.72. The molecule has 2 saturated heterocycles. The highest BCUT2D eigenvalue weighted by atomic mass is 32.1. The minimum Gasteiger partial charge on any atom is -0.376 e. The Hall–Kier alpha value is -2.94. The smallest absolute Gasteiger partial charge is 0.259 e. The lowest BCUT2D eigenvalue weighted by molar-refractivity contribution is 0.0563. The molecule has 0 aliphatic carbocycles. The van der Waals surface area contributed by atoms with Crippen LogP contribution in [-0.4, -0.2) is 58.1 Å². The molecule has 4 rings (SSSR count). The topological polar surface area (TPSA) is 105 Å². The van der Waals surface area contributed by atoms with Crippen LogP contribution in [0.4, 0.5) is 5.69 Å². The number of carbonyl (C=O) groups excluding carboxylic acids is 2. The van der Waals surface area contributed by atoms with Crippen LogP contribution >= 0.6 is 12.2 Å². The van der Waals surface area contributed by atoms with Crippen molar-refractivity contribution in [1.82, 2.24) is 15.0 Å². The summed E-state index contributed by atoms with van der Waals surface area (Å²) in [7, 11) is 0. The van der Waals surface area contributed by atoms with Gasteiger partial charge in [0.2, 0.25) is 0 Å². The third-order valence-electron chi connectivity index (χ3n) is 6.46. The van der Waals surface area contributed by atoms with E-state index in [4.69, 9.17) is 22.5 Å². The summed E-state index contributed by atoms with van der Waals surface area (Å²) in [5.41, 5.74) is 8.13. The standard InChI is InChI=1S/C22H27N5O3S/c1-14-18(15(2)30-25-14)20(29)26-9-6-22(7-10-26)8-11-27(13-22)19(28)16-4-3-5-17(12-16)24-21(23)31/h3-5,12H,6-11,13H2,1-2H3,(H3,23,24,31). The van der Waals surface area contributed by atoms with Gasteiger partial charge in [0.1, 0.15) is 11.3 Å². The number of benzene rings is 1. The molecule has 1 aromatic heterocycles. The van der Waals surface area contributed by atoms with Gasteiger partial charge in [0.05, 0.1) is 5.69 Å². The number of rotatable bonds is 3. The fourth-order valence-corrected chi connectivity index (χ4v) is 4.82. The molecule has 2 fully saturated rings. The summed E-state index contributed by atoms with van der Waals surface area (Å²) < 4.78 is 5.15. The number of carbonyl (C=O) groups is 2. The van der Waals surface area contributed by atoms with Crippen LogP contribution in [0.15, 0.2) is 28.8 Å².